The van der Waals surface area contributed by atoms with Crippen molar-refractivity contribution >= 4 is 34.3 Å². The summed E-state index contributed by atoms with van der Waals surface area (Å²) in [6.07, 6.45) is 0. The zero-order valence-corrected chi connectivity index (χ0v) is 8.90. The van der Waals surface area contributed by atoms with Crippen molar-refractivity contribution in [3.63, 3.8) is 0 Å². The molecule has 0 amide bonds. The zero-order valence-electron chi connectivity index (χ0n) is 7.33. The van der Waals surface area contributed by atoms with E-state index < -0.39 is 0 Å². The van der Waals surface area contributed by atoms with Crippen LogP contribution in [0.3, 0.4) is 0 Å². The number of anilines is 2. The Bertz CT molecular complexity index is 445. The van der Waals surface area contributed by atoms with Gasteiger partial charge in [0.25, 0.3) is 0 Å². The number of benzene rings is 1. The molecule has 1 heterocycles. The molecule has 1 aromatic carbocycles. The molecule has 14 heavy (non-hydrogen) atoms. The second-order valence-corrected chi connectivity index (χ2v) is 4.10. The molecule has 0 saturated heterocycles. The monoisotopic (exact) mass is 224 g/mol. The third-order valence-electron chi connectivity index (χ3n) is 2.01. The lowest BCUT2D eigenvalue weighted by atomic mass is 10.1. The summed E-state index contributed by atoms with van der Waals surface area (Å²) in [5.74, 6) is 0. The second kappa shape index (κ2) is 3.52. The summed E-state index contributed by atoms with van der Waals surface area (Å²) >= 11 is 7.55. The minimum atomic E-state index is 0.658. The lowest BCUT2D eigenvalue weighted by molar-refractivity contribution is 1.64. The maximum absolute atomic E-state index is 6.02. The van der Waals surface area contributed by atoms with E-state index in [1.54, 1.807) is 0 Å². The summed E-state index contributed by atoms with van der Waals surface area (Å²) in [6.45, 7) is 0. The van der Waals surface area contributed by atoms with Crippen LogP contribution in [0, 0.1) is 0 Å². The van der Waals surface area contributed by atoms with Gasteiger partial charge in [-0.2, -0.15) is 11.3 Å². The van der Waals surface area contributed by atoms with Gasteiger partial charge >= 0.3 is 0 Å². The van der Waals surface area contributed by atoms with Crippen molar-refractivity contribution in [2.75, 3.05) is 11.5 Å². The van der Waals surface area contributed by atoms with Gasteiger partial charge < -0.3 is 11.5 Å². The van der Waals surface area contributed by atoms with Gasteiger partial charge in [-0.05, 0) is 12.1 Å². The molecule has 0 fully saturated rings. The number of halogens is 1. The summed E-state index contributed by atoms with van der Waals surface area (Å²) in [6, 6.07) is 5.47. The molecular weight excluding hydrogens is 216 g/mol. The highest BCUT2D eigenvalue weighted by atomic mass is 35.5. The SMILES string of the molecule is Nc1cccc(N)c1-c1cscc1Cl. The standard InChI is InChI=1S/C10H9ClN2S/c11-7-5-14-4-6(7)10-8(12)2-1-3-9(10)13/h1-5H,12-13H2. The first-order chi connectivity index (χ1) is 6.70. The second-order valence-electron chi connectivity index (χ2n) is 2.94. The molecule has 0 saturated carbocycles. The number of thiophene rings is 1. The molecule has 0 radical (unpaired) electrons. The van der Waals surface area contributed by atoms with E-state index in [9.17, 15) is 0 Å². The smallest absolute Gasteiger partial charge is 0.0592 e. The summed E-state index contributed by atoms with van der Waals surface area (Å²) in [5.41, 5.74) is 14.8. The van der Waals surface area contributed by atoms with Crippen molar-refractivity contribution in [2.24, 2.45) is 0 Å². The van der Waals surface area contributed by atoms with Crippen molar-refractivity contribution in [1.29, 1.82) is 0 Å². The lowest BCUT2D eigenvalue weighted by Gasteiger charge is -2.07. The van der Waals surface area contributed by atoms with Crippen LogP contribution >= 0.6 is 22.9 Å². The van der Waals surface area contributed by atoms with Crippen molar-refractivity contribution in [3.8, 4) is 11.1 Å². The highest BCUT2D eigenvalue weighted by Crippen LogP contribution is 2.38. The minimum absolute atomic E-state index is 0.658. The Kier molecular flexibility index (Phi) is 2.35. The van der Waals surface area contributed by atoms with Crippen LogP contribution in [0.4, 0.5) is 11.4 Å². The van der Waals surface area contributed by atoms with Gasteiger partial charge in [-0.3, -0.25) is 0 Å². The fourth-order valence-corrected chi connectivity index (χ4v) is 2.42. The number of nitrogens with two attached hydrogens (primary N) is 2. The maximum atomic E-state index is 6.02. The number of hydrogen-bond acceptors (Lipinski definition) is 3. The third kappa shape index (κ3) is 1.45. The van der Waals surface area contributed by atoms with E-state index in [0.717, 1.165) is 11.1 Å². The highest BCUT2D eigenvalue weighted by Gasteiger charge is 2.10. The minimum Gasteiger partial charge on any atom is -0.398 e. The first kappa shape index (κ1) is 9.37. The highest BCUT2D eigenvalue weighted by molar-refractivity contribution is 7.09. The van der Waals surface area contributed by atoms with Crippen LogP contribution in [0.2, 0.25) is 5.02 Å². The first-order valence-corrected chi connectivity index (χ1v) is 5.38. The van der Waals surface area contributed by atoms with Crippen molar-refractivity contribution in [1.82, 2.24) is 0 Å². The van der Waals surface area contributed by atoms with Gasteiger partial charge in [0.15, 0.2) is 0 Å². The number of hydrogen-bond donors (Lipinski definition) is 2. The molecule has 72 valence electrons. The van der Waals surface area contributed by atoms with E-state index in [0.29, 0.717) is 16.4 Å². The molecule has 0 aliphatic rings. The zero-order chi connectivity index (χ0) is 10.1. The molecular formula is C10H9ClN2S. The predicted molar refractivity (Wildman–Crippen MR) is 63.6 cm³/mol. The largest absolute Gasteiger partial charge is 0.398 e. The molecule has 4 N–H and O–H groups in total. The third-order valence-corrected chi connectivity index (χ3v) is 3.20. The van der Waals surface area contributed by atoms with Crippen LogP contribution in [0.25, 0.3) is 11.1 Å². The summed E-state index contributed by atoms with van der Waals surface area (Å²) in [7, 11) is 0. The molecule has 0 spiro atoms. The predicted octanol–water partition coefficient (Wildman–Crippen LogP) is 3.23. The van der Waals surface area contributed by atoms with Gasteiger partial charge in [0, 0.05) is 33.3 Å². The summed E-state index contributed by atoms with van der Waals surface area (Å²) in [5, 5.41) is 4.51. The average Bonchev–Trinajstić information content (AvgIpc) is 2.52. The molecule has 0 aliphatic heterocycles. The van der Waals surface area contributed by atoms with Gasteiger partial charge in [0.2, 0.25) is 0 Å². The Balaban J connectivity index is 2.68. The van der Waals surface area contributed by atoms with E-state index in [-0.39, 0.29) is 0 Å². The molecule has 2 aromatic rings. The van der Waals surface area contributed by atoms with Crippen LogP contribution in [0.15, 0.2) is 29.0 Å². The fraction of sp³-hybridized carbons (Fsp3) is 0. The molecule has 0 bridgehead atoms. The van der Waals surface area contributed by atoms with E-state index >= 15 is 0 Å². The van der Waals surface area contributed by atoms with Crippen molar-refractivity contribution in [3.05, 3.63) is 34.0 Å². The van der Waals surface area contributed by atoms with E-state index in [1.165, 1.54) is 11.3 Å². The van der Waals surface area contributed by atoms with E-state index in [2.05, 4.69) is 0 Å². The molecule has 0 unspecified atom stereocenters. The average molecular weight is 225 g/mol. The lowest BCUT2D eigenvalue weighted by Crippen LogP contribution is -1.95. The van der Waals surface area contributed by atoms with Gasteiger partial charge in [-0.25, -0.2) is 0 Å². The Morgan fingerprint density at radius 2 is 1.71 bits per heavy atom. The molecule has 0 aliphatic carbocycles. The number of rotatable bonds is 1. The van der Waals surface area contributed by atoms with Gasteiger partial charge in [-0.1, -0.05) is 17.7 Å². The Morgan fingerprint density at radius 1 is 1.07 bits per heavy atom. The molecule has 4 heteroatoms. The van der Waals surface area contributed by atoms with E-state index in [1.807, 2.05) is 29.0 Å². The van der Waals surface area contributed by atoms with Crippen LogP contribution in [0.1, 0.15) is 0 Å². The number of nitrogen functional groups attached to an aromatic ring is 2. The quantitative estimate of drug-likeness (QED) is 0.731. The van der Waals surface area contributed by atoms with Crippen LogP contribution in [0.5, 0.6) is 0 Å². The van der Waals surface area contributed by atoms with Crippen LogP contribution in [-0.4, -0.2) is 0 Å². The van der Waals surface area contributed by atoms with Crippen molar-refractivity contribution < 1.29 is 0 Å². The van der Waals surface area contributed by atoms with Crippen LogP contribution < -0.4 is 11.5 Å². The summed E-state index contributed by atoms with van der Waals surface area (Å²) < 4.78 is 0. The van der Waals surface area contributed by atoms with Crippen molar-refractivity contribution in [2.45, 2.75) is 0 Å². The molecule has 0 atom stereocenters. The van der Waals surface area contributed by atoms with Gasteiger partial charge in [0.05, 0.1) is 5.02 Å². The van der Waals surface area contributed by atoms with Crippen LogP contribution in [-0.2, 0) is 0 Å². The molecule has 1 aromatic heterocycles. The van der Waals surface area contributed by atoms with Gasteiger partial charge in [-0.15, -0.1) is 0 Å². The Hall–Kier alpha value is -1.19. The Morgan fingerprint density at radius 3 is 2.21 bits per heavy atom. The molecule has 2 rings (SSSR count). The first-order valence-electron chi connectivity index (χ1n) is 4.06. The summed E-state index contributed by atoms with van der Waals surface area (Å²) in [4.78, 5) is 0. The molecule has 2 nitrogen and oxygen atoms in total. The van der Waals surface area contributed by atoms with E-state index in [4.69, 9.17) is 23.1 Å². The van der Waals surface area contributed by atoms with Gasteiger partial charge in [0.1, 0.15) is 0 Å². The topological polar surface area (TPSA) is 52.0 Å². The fourth-order valence-electron chi connectivity index (χ4n) is 1.36. The normalized spacial score (nSPS) is 10.4. The maximum Gasteiger partial charge on any atom is 0.0592 e. The Labute approximate surface area is 91.1 Å².